The van der Waals surface area contributed by atoms with Crippen molar-refractivity contribution < 1.29 is 17.9 Å². The zero-order valence-electron chi connectivity index (χ0n) is 11.2. The number of ether oxygens (including phenoxy) is 1. The van der Waals surface area contributed by atoms with Crippen molar-refractivity contribution in [3.63, 3.8) is 0 Å². The molecule has 0 unspecified atom stereocenters. The minimum absolute atomic E-state index is 0.0201. The Morgan fingerprint density at radius 2 is 2.05 bits per heavy atom. The van der Waals surface area contributed by atoms with Crippen LogP contribution < -0.4 is 10.1 Å². The van der Waals surface area contributed by atoms with E-state index in [9.17, 15) is 13.2 Å². The van der Waals surface area contributed by atoms with Gasteiger partial charge in [-0.15, -0.1) is 0 Å². The van der Waals surface area contributed by atoms with Crippen molar-refractivity contribution >= 4 is 41.6 Å². The van der Waals surface area contributed by atoms with Gasteiger partial charge >= 0.3 is 0 Å². The third kappa shape index (κ3) is 4.96. The third-order valence-corrected chi connectivity index (χ3v) is 4.05. The van der Waals surface area contributed by atoms with Crippen LogP contribution in [0.15, 0.2) is 21.5 Å². The summed E-state index contributed by atoms with van der Waals surface area (Å²) in [6.45, 7) is 5.03. The number of nitrogens with one attached hydrogen (secondary N) is 1. The number of rotatable bonds is 5. The Labute approximate surface area is 131 Å². The summed E-state index contributed by atoms with van der Waals surface area (Å²) in [4.78, 5) is 11.4. The Morgan fingerprint density at radius 1 is 1.45 bits per heavy atom. The molecule has 0 saturated heterocycles. The van der Waals surface area contributed by atoms with Crippen LogP contribution in [0, 0.1) is 6.92 Å². The summed E-state index contributed by atoms with van der Waals surface area (Å²) in [6.07, 6.45) is 0. The maximum absolute atomic E-state index is 11.5. The predicted molar refractivity (Wildman–Crippen MR) is 80.7 cm³/mol. The number of hydrogen-bond donors (Lipinski definition) is 1. The van der Waals surface area contributed by atoms with E-state index in [-0.39, 0.29) is 29.2 Å². The first kappa shape index (κ1) is 17.3. The van der Waals surface area contributed by atoms with Crippen LogP contribution in [0.3, 0.4) is 0 Å². The largest absolute Gasteiger partial charge is 0.482 e. The Hall–Kier alpha value is -0.790. The molecule has 0 atom stereocenters. The Balaban J connectivity index is 3.03. The van der Waals surface area contributed by atoms with Crippen molar-refractivity contribution in [1.29, 1.82) is 0 Å². The highest BCUT2D eigenvalue weighted by Crippen LogP contribution is 2.33. The Bertz CT molecular complexity index is 616. The fraction of sp³-hybridized carbons (Fsp3) is 0.417. The number of carbonyl (C=O) groups excluding carboxylic acids is 1. The van der Waals surface area contributed by atoms with Crippen LogP contribution in [-0.2, 0) is 13.8 Å². The lowest BCUT2D eigenvalue weighted by molar-refractivity contribution is -0.123. The quantitative estimate of drug-likeness (QED) is 0.792. The average Bonchev–Trinajstić information content (AvgIpc) is 2.24. The van der Waals surface area contributed by atoms with Gasteiger partial charge in [0.15, 0.2) is 6.61 Å². The van der Waals surface area contributed by atoms with Gasteiger partial charge in [0.1, 0.15) is 10.6 Å². The first-order chi connectivity index (χ1) is 9.11. The molecule has 1 aromatic carbocycles. The summed E-state index contributed by atoms with van der Waals surface area (Å²) in [6, 6.07) is 3.00. The molecule has 20 heavy (non-hydrogen) atoms. The van der Waals surface area contributed by atoms with Crippen LogP contribution in [0.2, 0.25) is 0 Å². The van der Waals surface area contributed by atoms with E-state index in [1.54, 1.807) is 13.0 Å². The second-order valence-corrected chi connectivity index (χ2v) is 7.95. The summed E-state index contributed by atoms with van der Waals surface area (Å²) in [7, 11) is 1.41. The maximum Gasteiger partial charge on any atom is 0.265 e. The number of carbonyl (C=O) groups is 1. The SMILES string of the molecule is Cc1cc(Br)cc(S(=O)(=O)Cl)c1OCC(=O)NC(C)C. The predicted octanol–water partition coefficient (Wildman–Crippen LogP) is 2.59. The van der Waals surface area contributed by atoms with Gasteiger partial charge in [0.2, 0.25) is 0 Å². The van der Waals surface area contributed by atoms with Gasteiger partial charge in [-0.25, -0.2) is 8.42 Å². The monoisotopic (exact) mass is 383 g/mol. The lowest BCUT2D eigenvalue weighted by Gasteiger charge is -2.14. The molecule has 0 fully saturated rings. The van der Waals surface area contributed by atoms with Gasteiger partial charge in [0.25, 0.3) is 15.0 Å². The molecule has 0 bridgehead atoms. The lowest BCUT2D eigenvalue weighted by Crippen LogP contribution is -2.34. The zero-order valence-corrected chi connectivity index (χ0v) is 14.4. The van der Waals surface area contributed by atoms with E-state index < -0.39 is 9.05 Å². The van der Waals surface area contributed by atoms with Gasteiger partial charge < -0.3 is 10.1 Å². The molecule has 1 rings (SSSR count). The van der Waals surface area contributed by atoms with Gasteiger partial charge in [0, 0.05) is 21.2 Å². The summed E-state index contributed by atoms with van der Waals surface area (Å²) >= 11 is 3.19. The fourth-order valence-electron chi connectivity index (χ4n) is 1.57. The lowest BCUT2D eigenvalue weighted by atomic mass is 10.2. The number of halogens is 2. The molecule has 0 saturated carbocycles. The Kier molecular flexibility index (Phi) is 5.85. The molecule has 0 radical (unpaired) electrons. The number of amides is 1. The third-order valence-electron chi connectivity index (χ3n) is 2.27. The van der Waals surface area contributed by atoms with Crippen molar-refractivity contribution in [2.75, 3.05) is 6.61 Å². The van der Waals surface area contributed by atoms with E-state index in [2.05, 4.69) is 21.2 Å². The van der Waals surface area contributed by atoms with E-state index in [1.165, 1.54) is 6.07 Å². The van der Waals surface area contributed by atoms with Crippen LogP contribution in [-0.4, -0.2) is 27.0 Å². The molecular weight excluding hydrogens is 370 g/mol. The van der Waals surface area contributed by atoms with Crippen LogP contribution in [0.25, 0.3) is 0 Å². The normalized spacial score (nSPS) is 11.5. The molecule has 0 spiro atoms. The van der Waals surface area contributed by atoms with Crippen molar-refractivity contribution in [1.82, 2.24) is 5.32 Å². The maximum atomic E-state index is 11.5. The first-order valence-electron chi connectivity index (χ1n) is 5.78. The molecule has 0 aliphatic rings. The molecule has 0 aliphatic carbocycles. The van der Waals surface area contributed by atoms with E-state index >= 15 is 0 Å². The van der Waals surface area contributed by atoms with Crippen molar-refractivity contribution in [3.05, 3.63) is 22.2 Å². The average molecular weight is 385 g/mol. The molecule has 1 N–H and O–H groups in total. The van der Waals surface area contributed by atoms with Crippen LogP contribution >= 0.6 is 26.6 Å². The highest BCUT2D eigenvalue weighted by molar-refractivity contribution is 9.10. The van der Waals surface area contributed by atoms with Crippen molar-refractivity contribution in [2.45, 2.75) is 31.7 Å². The molecular formula is C12H15BrClNO4S. The summed E-state index contributed by atoms with van der Waals surface area (Å²) < 4.78 is 29.0. The molecule has 1 aromatic rings. The fourth-order valence-corrected chi connectivity index (χ4v) is 3.34. The van der Waals surface area contributed by atoms with Gasteiger partial charge in [0.05, 0.1) is 0 Å². The summed E-state index contributed by atoms with van der Waals surface area (Å²) in [5.74, 6) is -0.248. The van der Waals surface area contributed by atoms with E-state index in [0.717, 1.165) is 0 Å². The molecule has 0 heterocycles. The Morgan fingerprint density at radius 3 is 2.55 bits per heavy atom. The molecule has 5 nitrogen and oxygen atoms in total. The second kappa shape index (κ2) is 6.78. The van der Waals surface area contributed by atoms with Gasteiger partial charge in [-0.1, -0.05) is 15.9 Å². The zero-order chi connectivity index (χ0) is 15.5. The standard InChI is InChI=1S/C12H15BrClNO4S/c1-7(2)15-11(16)6-19-12-8(3)4-9(13)5-10(12)20(14,17)18/h4-5,7H,6H2,1-3H3,(H,15,16). The van der Waals surface area contributed by atoms with Gasteiger partial charge in [-0.3, -0.25) is 4.79 Å². The van der Waals surface area contributed by atoms with Crippen LogP contribution in [0.5, 0.6) is 5.75 Å². The minimum atomic E-state index is -3.96. The smallest absolute Gasteiger partial charge is 0.265 e. The highest BCUT2D eigenvalue weighted by atomic mass is 79.9. The number of aryl methyl sites for hydroxylation is 1. The minimum Gasteiger partial charge on any atom is -0.482 e. The summed E-state index contributed by atoms with van der Waals surface area (Å²) in [5, 5.41) is 2.65. The topological polar surface area (TPSA) is 72.5 Å². The van der Waals surface area contributed by atoms with Crippen molar-refractivity contribution in [2.24, 2.45) is 0 Å². The van der Waals surface area contributed by atoms with E-state index in [1.807, 2.05) is 13.8 Å². The molecule has 0 aromatic heterocycles. The molecule has 8 heteroatoms. The number of hydrogen-bond acceptors (Lipinski definition) is 4. The van der Waals surface area contributed by atoms with Gasteiger partial charge in [-0.05, 0) is 38.5 Å². The first-order valence-corrected chi connectivity index (χ1v) is 8.88. The van der Waals surface area contributed by atoms with Gasteiger partial charge in [-0.2, -0.15) is 0 Å². The number of benzene rings is 1. The van der Waals surface area contributed by atoms with E-state index in [4.69, 9.17) is 15.4 Å². The molecule has 0 aliphatic heterocycles. The highest BCUT2D eigenvalue weighted by Gasteiger charge is 2.20. The molecule has 1 amide bonds. The molecule has 112 valence electrons. The van der Waals surface area contributed by atoms with Crippen LogP contribution in [0.4, 0.5) is 0 Å². The van der Waals surface area contributed by atoms with Crippen molar-refractivity contribution in [3.8, 4) is 5.75 Å². The van der Waals surface area contributed by atoms with E-state index in [0.29, 0.717) is 10.0 Å². The van der Waals surface area contributed by atoms with Crippen LogP contribution in [0.1, 0.15) is 19.4 Å². The summed E-state index contributed by atoms with van der Waals surface area (Å²) in [5.41, 5.74) is 0.566. The second-order valence-electron chi connectivity index (χ2n) is 4.50.